The molecule has 0 fully saturated rings. The van der Waals surface area contributed by atoms with Crippen LogP contribution in [0.4, 0.5) is 5.69 Å². The molecule has 1 aromatic rings. The van der Waals surface area contributed by atoms with E-state index in [1.807, 2.05) is 0 Å². The van der Waals surface area contributed by atoms with Gasteiger partial charge >= 0.3 is 5.97 Å². The first kappa shape index (κ1) is 14.2. The van der Waals surface area contributed by atoms with Gasteiger partial charge in [-0.05, 0) is 20.8 Å². The summed E-state index contributed by atoms with van der Waals surface area (Å²) >= 11 is 0. The monoisotopic (exact) mass is 253 g/mol. The Kier molecular flexibility index (Phi) is 4.42. The number of carbonyl (C=O) groups excluding carboxylic acids is 1. The molecule has 100 valence electrons. The largest absolute Gasteiger partial charge is 0.497 e. The Hall–Kier alpha value is -1.91. The molecule has 0 radical (unpaired) electrons. The van der Waals surface area contributed by atoms with Crippen molar-refractivity contribution in [2.24, 2.45) is 0 Å². The van der Waals surface area contributed by atoms with Gasteiger partial charge in [-0.15, -0.1) is 0 Å². The normalized spacial score (nSPS) is 10.9. The van der Waals surface area contributed by atoms with Crippen LogP contribution in [0, 0.1) is 0 Å². The number of ether oxygens (including phenoxy) is 3. The summed E-state index contributed by atoms with van der Waals surface area (Å²) in [4.78, 5) is 11.5. The highest BCUT2D eigenvalue weighted by molar-refractivity contribution is 5.71. The second-order valence-electron chi connectivity index (χ2n) is 4.82. The average molecular weight is 253 g/mol. The molecule has 18 heavy (non-hydrogen) atoms. The summed E-state index contributed by atoms with van der Waals surface area (Å²) in [6.45, 7) is 5.24. The quantitative estimate of drug-likeness (QED) is 0.656. The molecular weight excluding hydrogens is 234 g/mol. The Morgan fingerprint density at radius 3 is 2.39 bits per heavy atom. The highest BCUT2D eigenvalue weighted by Gasteiger charge is 2.16. The van der Waals surface area contributed by atoms with E-state index < -0.39 is 11.6 Å². The molecule has 5 nitrogen and oxygen atoms in total. The Morgan fingerprint density at radius 1 is 1.22 bits per heavy atom. The number of hydrogen-bond donors (Lipinski definition) is 1. The first-order valence-corrected chi connectivity index (χ1v) is 5.59. The Labute approximate surface area is 107 Å². The fourth-order valence-corrected chi connectivity index (χ4v) is 1.31. The standard InChI is InChI=1S/C13H19NO4/c1-13(2,3)18-12(15)8-17-11-6-9(14)5-10(7-11)16-4/h5-7H,8,14H2,1-4H3. The molecule has 0 saturated heterocycles. The Balaban J connectivity index is 2.58. The number of hydrogen-bond acceptors (Lipinski definition) is 5. The minimum absolute atomic E-state index is 0.163. The SMILES string of the molecule is COc1cc(N)cc(OCC(=O)OC(C)(C)C)c1. The van der Waals surface area contributed by atoms with Crippen LogP contribution in [0.5, 0.6) is 11.5 Å². The minimum Gasteiger partial charge on any atom is -0.497 e. The van der Waals surface area contributed by atoms with Crippen molar-refractivity contribution in [2.45, 2.75) is 26.4 Å². The molecule has 0 unspecified atom stereocenters. The van der Waals surface area contributed by atoms with Crippen LogP contribution in [-0.2, 0) is 9.53 Å². The maximum absolute atomic E-state index is 11.5. The minimum atomic E-state index is -0.520. The van der Waals surface area contributed by atoms with Gasteiger partial charge in [-0.25, -0.2) is 4.79 Å². The summed E-state index contributed by atoms with van der Waals surface area (Å²) in [6.07, 6.45) is 0. The van der Waals surface area contributed by atoms with Gasteiger partial charge in [0.2, 0.25) is 0 Å². The van der Waals surface area contributed by atoms with E-state index in [9.17, 15) is 4.79 Å². The lowest BCUT2D eigenvalue weighted by atomic mass is 10.2. The topological polar surface area (TPSA) is 70.8 Å². The summed E-state index contributed by atoms with van der Waals surface area (Å²) in [5, 5.41) is 0. The summed E-state index contributed by atoms with van der Waals surface area (Å²) in [7, 11) is 1.53. The lowest BCUT2D eigenvalue weighted by Crippen LogP contribution is -2.27. The summed E-state index contributed by atoms with van der Waals surface area (Å²) in [5.41, 5.74) is 5.65. The Morgan fingerprint density at radius 2 is 1.83 bits per heavy atom. The van der Waals surface area contributed by atoms with Gasteiger partial charge in [0.15, 0.2) is 6.61 Å². The predicted octanol–water partition coefficient (Wildman–Crippen LogP) is 2.00. The molecule has 0 heterocycles. The molecule has 5 heteroatoms. The average Bonchev–Trinajstić information content (AvgIpc) is 2.23. The number of anilines is 1. The fraction of sp³-hybridized carbons (Fsp3) is 0.462. The van der Waals surface area contributed by atoms with Gasteiger partial charge in [0, 0.05) is 23.9 Å². The van der Waals surface area contributed by atoms with Gasteiger partial charge < -0.3 is 19.9 Å². The molecule has 0 aromatic heterocycles. The van der Waals surface area contributed by atoms with Crippen molar-refractivity contribution in [1.82, 2.24) is 0 Å². The van der Waals surface area contributed by atoms with Crippen LogP contribution in [0.15, 0.2) is 18.2 Å². The van der Waals surface area contributed by atoms with Crippen LogP contribution in [0.25, 0.3) is 0 Å². The lowest BCUT2D eigenvalue weighted by molar-refractivity contribution is -0.157. The Bertz CT molecular complexity index is 423. The predicted molar refractivity (Wildman–Crippen MR) is 68.7 cm³/mol. The van der Waals surface area contributed by atoms with Gasteiger partial charge in [-0.3, -0.25) is 0 Å². The van der Waals surface area contributed by atoms with Crippen molar-refractivity contribution in [3.63, 3.8) is 0 Å². The zero-order chi connectivity index (χ0) is 13.8. The highest BCUT2D eigenvalue weighted by atomic mass is 16.6. The molecule has 0 aliphatic heterocycles. The maximum Gasteiger partial charge on any atom is 0.344 e. The third-order valence-electron chi connectivity index (χ3n) is 1.91. The second kappa shape index (κ2) is 5.62. The molecular formula is C13H19NO4. The molecule has 0 aliphatic carbocycles. The number of nitrogens with two attached hydrogens (primary N) is 1. The van der Waals surface area contributed by atoms with Crippen molar-refractivity contribution in [1.29, 1.82) is 0 Å². The van der Waals surface area contributed by atoms with Gasteiger partial charge in [-0.2, -0.15) is 0 Å². The third kappa shape index (κ3) is 4.95. The number of nitrogen functional groups attached to an aromatic ring is 1. The van der Waals surface area contributed by atoms with Crippen molar-refractivity contribution in [2.75, 3.05) is 19.5 Å². The summed E-state index contributed by atoms with van der Waals surface area (Å²) in [6, 6.07) is 4.94. The molecule has 0 saturated carbocycles. The van der Waals surface area contributed by atoms with Crippen LogP contribution in [0.1, 0.15) is 20.8 Å². The van der Waals surface area contributed by atoms with Crippen molar-refractivity contribution >= 4 is 11.7 Å². The van der Waals surface area contributed by atoms with Crippen LogP contribution < -0.4 is 15.2 Å². The molecule has 0 aliphatic rings. The van der Waals surface area contributed by atoms with Gasteiger partial charge in [0.1, 0.15) is 17.1 Å². The van der Waals surface area contributed by atoms with E-state index in [0.717, 1.165) is 0 Å². The molecule has 0 atom stereocenters. The lowest BCUT2D eigenvalue weighted by Gasteiger charge is -2.19. The number of rotatable bonds is 4. The van der Waals surface area contributed by atoms with Crippen molar-refractivity contribution in [3.05, 3.63) is 18.2 Å². The van der Waals surface area contributed by atoms with E-state index in [-0.39, 0.29) is 6.61 Å². The van der Waals surface area contributed by atoms with Gasteiger partial charge in [0.05, 0.1) is 7.11 Å². The van der Waals surface area contributed by atoms with E-state index in [1.54, 1.807) is 39.0 Å². The smallest absolute Gasteiger partial charge is 0.344 e. The molecule has 1 aromatic carbocycles. The van der Waals surface area contributed by atoms with Crippen molar-refractivity contribution in [3.8, 4) is 11.5 Å². The number of benzene rings is 1. The van der Waals surface area contributed by atoms with Gasteiger partial charge in [0.25, 0.3) is 0 Å². The summed E-state index contributed by atoms with van der Waals surface area (Å²) < 4.78 is 15.5. The van der Waals surface area contributed by atoms with E-state index in [2.05, 4.69) is 0 Å². The zero-order valence-electron chi connectivity index (χ0n) is 11.1. The maximum atomic E-state index is 11.5. The zero-order valence-corrected chi connectivity index (χ0v) is 11.1. The molecule has 0 spiro atoms. The van der Waals surface area contributed by atoms with E-state index in [0.29, 0.717) is 17.2 Å². The van der Waals surface area contributed by atoms with Crippen LogP contribution >= 0.6 is 0 Å². The molecule has 0 bridgehead atoms. The number of methoxy groups -OCH3 is 1. The molecule has 0 amide bonds. The van der Waals surface area contributed by atoms with E-state index >= 15 is 0 Å². The third-order valence-corrected chi connectivity index (χ3v) is 1.91. The molecule has 2 N–H and O–H groups in total. The van der Waals surface area contributed by atoms with E-state index in [1.165, 1.54) is 7.11 Å². The van der Waals surface area contributed by atoms with Crippen LogP contribution in [0.2, 0.25) is 0 Å². The number of esters is 1. The van der Waals surface area contributed by atoms with Crippen LogP contribution in [0.3, 0.4) is 0 Å². The van der Waals surface area contributed by atoms with Gasteiger partial charge in [-0.1, -0.05) is 0 Å². The van der Waals surface area contributed by atoms with E-state index in [4.69, 9.17) is 19.9 Å². The fourth-order valence-electron chi connectivity index (χ4n) is 1.31. The number of carbonyl (C=O) groups is 1. The van der Waals surface area contributed by atoms with Crippen molar-refractivity contribution < 1.29 is 19.0 Å². The first-order chi connectivity index (χ1) is 8.30. The summed E-state index contributed by atoms with van der Waals surface area (Å²) in [5.74, 6) is 0.621. The van der Waals surface area contributed by atoms with Crippen LogP contribution in [-0.4, -0.2) is 25.3 Å². The first-order valence-electron chi connectivity index (χ1n) is 5.59. The highest BCUT2D eigenvalue weighted by Crippen LogP contribution is 2.24. The second-order valence-corrected chi connectivity index (χ2v) is 4.82. The molecule has 1 rings (SSSR count).